The summed E-state index contributed by atoms with van der Waals surface area (Å²) >= 11 is 11.5. The number of halogens is 3. The van der Waals surface area contributed by atoms with E-state index in [2.05, 4.69) is 5.16 Å². The normalized spacial score (nSPS) is 11.3. The van der Waals surface area contributed by atoms with Crippen LogP contribution in [0.2, 0.25) is 5.02 Å². The number of oxime groups is 1. The van der Waals surface area contributed by atoms with Crippen LogP contribution >= 0.6 is 23.2 Å². The molecule has 152 valence electrons. The molecule has 0 heterocycles. The highest BCUT2D eigenvalue weighted by Gasteiger charge is 2.11. The zero-order valence-corrected chi connectivity index (χ0v) is 17.7. The Balaban J connectivity index is 2.39. The van der Waals surface area contributed by atoms with Gasteiger partial charge in [0.2, 0.25) is 0 Å². The van der Waals surface area contributed by atoms with E-state index in [0.717, 1.165) is 49.5 Å². The molecule has 7 heteroatoms. The van der Waals surface area contributed by atoms with Crippen molar-refractivity contribution in [2.24, 2.45) is 5.16 Å². The first-order valence-corrected chi connectivity index (χ1v) is 9.92. The Morgan fingerprint density at radius 2 is 1.81 bits per heavy atom. The highest BCUT2D eigenvalue weighted by Crippen LogP contribution is 2.34. The van der Waals surface area contributed by atoms with E-state index in [9.17, 15) is 4.39 Å². The van der Waals surface area contributed by atoms with Gasteiger partial charge in [-0.3, -0.25) is 0 Å². The van der Waals surface area contributed by atoms with Crippen LogP contribution in [0.3, 0.4) is 0 Å². The van der Waals surface area contributed by atoms with Crippen LogP contribution < -0.4 is 9.47 Å². The highest BCUT2D eigenvalue weighted by atomic mass is 35.5. The van der Waals surface area contributed by atoms with Crippen LogP contribution in [0.5, 0.6) is 11.5 Å². The molecule has 1 aromatic carbocycles. The molecule has 1 rings (SSSR count). The summed E-state index contributed by atoms with van der Waals surface area (Å²) < 4.78 is 23.8. The van der Waals surface area contributed by atoms with E-state index >= 15 is 0 Å². The minimum absolute atomic E-state index is 0.0435. The van der Waals surface area contributed by atoms with E-state index in [0.29, 0.717) is 29.7 Å². The number of benzene rings is 1. The van der Waals surface area contributed by atoms with Gasteiger partial charge in [-0.25, -0.2) is 0 Å². The fourth-order valence-electron chi connectivity index (χ4n) is 2.30. The van der Waals surface area contributed by atoms with Gasteiger partial charge in [0.1, 0.15) is 24.7 Å². The Labute approximate surface area is 171 Å². The second kappa shape index (κ2) is 13.7. The van der Waals surface area contributed by atoms with Gasteiger partial charge in [-0.15, -0.1) is 0 Å². The molecule has 0 aliphatic rings. The topological polar surface area (TPSA) is 40.0 Å². The van der Waals surface area contributed by atoms with Gasteiger partial charge in [0.25, 0.3) is 0 Å². The van der Waals surface area contributed by atoms with Crippen LogP contribution in [0, 0.1) is 0 Å². The van der Waals surface area contributed by atoms with Gasteiger partial charge >= 0.3 is 0 Å². The van der Waals surface area contributed by atoms with E-state index < -0.39 is 5.29 Å². The number of ether oxygens (including phenoxy) is 2. The predicted molar refractivity (Wildman–Crippen MR) is 110 cm³/mol. The van der Waals surface area contributed by atoms with Crippen molar-refractivity contribution in [1.82, 2.24) is 0 Å². The summed E-state index contributed by atoms with van der Waals surface area (Å²) in [5.74, 6) is 1.24. The summed E-state index contributed by atoms with van der Waals surface area (Å²) in [4.78, 5) is 5.16. The van der Waals surface area contributed by atoms with Crippen LogP contribution in [0.25, 0.3) is 0 Å². The third kappa shape index (κ3) is 10.5. The Hall–Kier alpha value is -1.46. The van der Waals surface area contributed by atoms with E-state index in [-0.39, 0.29) is 6.61 Å². The van der Waals surface area contributed by atoms with Gasteiger partial charge in [-0.2, -0.15) is 4.39 Å². The molecular weight excluding hydrogens is 392 g/mol. The standard InChI is InChI=1S/C20H28Cl2FNO3/c1-4-16-13-17(25-12-9-19(22)23)14-18(21)20(16)26-10-7-5-6-8-11-27-24-15(2)3/h9,13-14H,4-8,10-12H2,1-3H3/b19-9+. The Kier molecular flexibility index (Phi) is 11.9. The van der Waals surface area contributed by atoms with Crippen molar-refractivity contribution in [3.63, 3.8) is 0 Å². The number of aryl methyl sites for hydroxylation is 1. The Morgan fingerprint density at radius 1 is 1.11 bits per heavy atom. The van der Waals surface area contributed by atoms with Crippen molar-refractivity contribution >= 4 is 28.9 Å². The number of unbranched alkanes of at least 4 members (excludes halogenated alkanes) is 3. The molecule has 0 unspecified atom stereocenters. The fraction of sp³-hybridized carbons (Fsp3) is 0.550. The SMILES string of the molecule is CCc1cc(OC/C=C(/F)Cl)cc(Cl)c1OCCCCCCON=C(C)C. The molecule has 1 aromatic rings. The lowest BCUT2D eigenvalue weighted by Crippen LogP contribution is -2.02. The van der Waals surface area contributed by atoms with Gasteiger partial charge in [0.05, 0.1) is 17.3 Å². The second-order valence-electron chi connectivity index (χ2n) is 6.19. The highest BCUT2D eigenvalue weighted by molar-refractivity contribution is 6.32. The minimum atomic E-state index is -0.795. The van der Waals surface area contributed by atoms with Crippen LogP contribution in [-0.4, -0.2) is 25.5 Å². The molecule has 0 saturated heterocycles. The molecule has 0 fully saturated rings. The first-order valence-electron chi connectivity index (χ1n) is 9.16. The smallest absolute Gasteiger partial charge is 0.188 e. The van der Waals surface area contributed by atoms with E-state index in [4.69, 9.17) is 37.5 Å². The van der Waals surface area contributed by atoms with E-state index in [1.54, 1.807) is 6.07 Å². The lowest BCUT2D eigenvalue weighted by atomic mass is 10.1. The quantitative estimate of drug-likeness (QED) is 0.203. The first-order chi connectivity index (χ1) is 12.9. The van der Waals surface area contributed by atoms with E-state index in [1.165, 1.54) is 0 Å². The second-order valence-corrected chi connectivity index (χ2v) is 6.95. The third-order valence-corrected chi connectivity index (χ3v) is 4.02. The van der Waals surface area contributed by atoms with Crippen molar-refractivity contribution in [3.8, 4) is 11.5 Å². The van der Waals surface area contributed by atoms with Crippen LogP contribution in [-0.2, 0) is 11.3 Å². The molecule has 0 amide bonds. The summed E-state index contributed by atoms with van der Waals surface area (Å²) in [6.07, 6.45) is 5.92. The number of hydrogen-bond donors (Lipinski definition) is 0. The summed E-state index contributed by atoms with van der Waals surface area (Å²) in [5, 5.41) is 3.59. The molecule has 4 nitrogen and oxygen atoms in total. The molecule has 27 heavy (non-hydrogen) atoms. The minimum Gasteiger partial charge on any atom is -0.492 e. The zero-order chi connectivity index (χ0) is 20.1. The maximum Gasteiger partial charge on any atom is 0.188 e. The lowest BCUT2D eigenvalue weighted by molar-refractivity contribution is 0.139. The van der Waals surface area contributed by atoms with Crippen molar-refractivity contribution in [1.29, 1.82) is 0 Å². The van der Waals surface area contributed by atoms with Gasteiger partial charge in [-0.05, 0) is 57.6 Å². The monoisotopic (exact) mass is 419 g/mol. The van der Waals surface area contributed by atoms with Crippen LogP contribution in [0.4, 0.5) is 4.39 Å². The predicted octanol–water partition coefficient (Wildman–Crippen LogP) is 6.68. The van der Waals surface area contributed by atoms with Crippen molar-refractivity contribution in [2.45, 2.75) is 52.9 Å². The molecule has 0 N–H and O–H groups in total. The molecule has 0 spiro atoms. The number of hydrogen-bond acceptors (Lipinski definition) is 4. The van der Waals surface area contributed by atoms with Crippen molar-refractivity contribution in [2.75, 3.05) is 19.8 Å². The molecule has 0 atom stereocenters. The maximum atomic E-state index is 12.5. The molecule has 0 bridgehead atoms. The maximum absolute atomic E-state index is 12.5. The van der Waals surface area contributed by atoms with Gasteiger partial charge in [0.15, 0.2) is 5.29 Å². The molecular formula is C20H28Cl2FNO3. The molecule has 0 saturated carbocycles. The molecule has 0 radical (unpaired) electrons. The average molecular weight is 420 g/mol. The molecule has 0 aliphatic heterocycles. The summed E-state index contributed by atoms with van der Waals surface area (Å²) in [7, 11) is 0. The van der Waals surface area contributed by atoms with Crippen LogP contribution in [0.15, 0.2) is 28.7 Å². The number of rotatable bonds is 13. The zero-order valence-electron chi connectivity index (χ0n) is 16.2. The first kappa shape index (κ1) is 23.6. The van der Waals surface area contributed by atoms with Crippen LogP contribution in [0.1, 0.15) is 52.0 Å². The summed E-state index contributed by atoms with van der Waals surface area (Å²) in [5.41, 5.74) is 1.88. The largest absolute Gasteiger partial charge is 0.492 e. The van der Waals surface area contributed by atoms with E-state index in [1.807, 2.05) is 26.8 Å². The van der Waals surface area contributed by atoms with Gasteiger partial charge < -0.3 is 14.3 Å². The summed E-state index contributed by atoms with van der Waals surface area (Å²) in [6.45, 7) is 7.11. The average Bonchev–Trinajstić information content (AvgIpc) is 2.60. The third-order valence-electron chi connectivity index (χ3n) is 3.59. The van der Waals surface area contributed by atoms with Gasteiger partial charge in [-0.1, -0.05) is 35.3 Å². The lowest BCUT2D eigenvalue weighted by Gasteiger charge is -2.14. The molecule has 0 aromatic heterocycles. The van der Waals surface area contributed by atoms with Gasteiger partial charge in [0, 0.05) is 12.1 Å². The molecule has 0 aliphatic carbocycles. The number of nitrogens with zero attached hydrogens (tertiary/aromatic N) is 1. The Morgan fingerprint density at radius 3 is 2.44 bits per heavy atom. The Bertz CT molecular complexity index is 628. The van der Waals surface area contributed by atoms with Crippen molar-refractivity contribution in [3.05, 3.63) is 34.1 Å². The van der Waals surface area contributed by atoms with Crippen molar-refractivity contribution < 1.29 is 18.7 Å². The summed E-state index contributed by atoms with van der Waals surface area (Å²) in [6, 6.07) is 3.53. The fourth-order valence-corrected chi connectivity index (χ4v) is 2.65.